The Morgan fingerprint density at radius 3 is 2.64 bits per heavy atom. The van der Waals surface area contributed by atoms with E-state index in [0.717, 1.165) is 24.8 Å². The Balaban J connectivity index is 1.66. The van der Waals surface area contributed by atoms with Crippen LogP contribution in [0.1, 0.15) is 19.8 Å². The fourth-order valence-electron chi connectivity index (χ4n) is 3.07. The Bertz CT molecular complexity index is 713. The lowest BCUT2D eigenvalue weighted by atomic mass is 9.99. The van der Waals surface area contributed by atoms with Crippen molar-refractivity contribution in [1.29, 1.82) is 0 Å². The van der Waals surface area contributed by atoms with Crippen LogP contribution in [0.3, 0.4) is 0 Å². The predicted molar refractivity (Wildman–Crippen MR) is 101 cm³/mol. The van der Waals surface area contributed by atoms with E-state index in [9.17, 15) is 4.79 Å². The molecule has 5 heteroatoms. The van der Waals surface area contributed by atoms with Gasteiger partial charge < -0.3 is 15.0 Å². The number of nitrogens with one attached hydrogen (secondary N) is 2. The molecule has 1 fully saturated rings. The summed E-state index contributed by atoms with van der Waals surface area (Å²) in [5.41, 5.74) is 0.603. The monoisotopic (exact) mass is 359 g/mol. The van der Waals surface area contributed by atoms with Crippen LogP contribution in [0.4, 0.5) is 5.69 Å². The van der Waals surface area contributed by atoms with E-state index in [0.29, 0.717) is 23.0 Å². The number of benzene rings is 2. The molecular weight excluding hydrogens is 336 g/mol. The second-order valence-corrected chi connectivity index (χ2v) is 7.15. The molecule has 0 unspecified atom stereocenters. The Hall–Kier alpha value is -2.04. The van der Waals surface area contributed by atoms with Crippen molar-refractivity contribution in [3.63, 3.8) is 0 Å². The quantitative estimate of drug-likeness (QED) is 0.859. The molecular formula is C20H24ClN2O2+. The second-order valence-electron chi connectivity index (χ2n) is 6.71. The van der Waals surface area contributed by atoms with E-state index in [1.807, 2.05) is 30.3 Å². The molecule has 0 saturated carbocycles. The molecule has 0 radical (unpaired) electrons. The minimum atomic E-state index is -0.00951. The van der Waals surface area contributed by atoms with Gasteiger partial charge in [0, 0.05) is 5.02 Å². The minimum absolute atomic E-state index is 0.00951. The Morgan fingerprint density at radius 1 is 1.20 bits per heavy atom. The lowest BCUT2D eigenvalue weighted by Gasteiger charge is -2.26. The summed E-state index contributed by atoms with van der Waals surface area (Å²) < 4.78 is 5.89. The number of likely N-dealkylation sites (tertiary alicyclic amines) is 1. The molecule has 3 rings (SSSR count). The minimum Gasteiger partial charge on any atom is -0.455 e. The average Bonchev–Trinajstić information content (AvgIpc) is 2.60. The van der Waals surface area contributed by atoms with Gasteiger partial charge in [0.25, 0.3) is 5.91 Å². The normalized spacial score (nSPS) is 20.1. The third-order valence-corrected chi connectivity index (χ3v) is 4.81. The fraction of sp³-hybridized carbons (Fsp3) is 0.350. The van der Waals surface area contributed by atoms with Crippen molar-refractivity contribution in [3.8, 4) is 11.5 Å². The Morgan fingerprint density at radius 2 is 1.92 bits per heavy atom. The molecule has 0 aromatic heterocycles. The smallest absolute Gasteiger partial charge is 0.279 e. The van der Waals surface area contributed by atoms with Gasteiger partial charge in [-0.3, -0.25) is 4.79 Å². The summed E-state index contributed by atoms with van der Waals surface area (Å²) in [7, 11) is 0. The van der Waals surface area contributed by atoms with Crippen molar-refractivity contribution in [2.24, 2.45) is 5.92 Å². The molecule has 2 aromatic carbocycles. The molecule has 1 aliphatic rings. The zero-order valence-corrected chi connectivity index (χ0v) is 15.2. The molecule has 4 nitrogen and oxygen atoms in total. The van der Waals surface area contributed by atoms with E-state index < -0.39 is 0 Å². The molecule has 25 heavy (non-hydrogen) atoms. The number of quaternary nitrogens is 1. The summed E-state index contributed by atoms with van der Waals surface area (Å²) in [6.07, 6.45) is 2.37. The van der Waals surface area contributed by atoms with Gasteiger partial charge >= 0.3 is 0 Å². The van der Waals surface area contributed by atoms with E-state index in [4.69, 9.17) is 16.3 Å². The number of amides is 1. The highest BCUT2D eigenvalue weighted by molar-refractivity contribution is 6.31. The maximum Gasteiger partial charge on any atom is 0.279 e. The third-order valence-electron chi connectivity index (χ3n) is 4.58. The van der Waals surface area contributed by atoms with Gasteiger partial charge in [-0.2, -0.15) is 0 Å². The second kappa shape index (κ2) is 8.37. The van der Waals surface area contributed by atoms with Crippen molar-refractivity contribution in [2.45, 2.75) is 19.8 Å². The third kappa shape index (κ3) is 5.21. The summed E-state index contributed by atoms with van der Waals surface area (Å²) in [5.74, 6) is 2.07. The number of hydrogen-bond acceptors (Lipinski definition) is 2. The maximum absolute atomic E-state index is 12.4. The van der Waals surface area contributed by atoms with Gasteiger partial charge in [0.2, 0.25) is 0 Å². The lowest BCUT2D eigenvalue weighted by Crippen LogP contribution is -3.14. The molecule has 2 aromatic rings. The molecule has 1 heterocycles. The van der Waals surface area contributed by atoms with E-state index >= 15 is 0 Å². The molecule has 0 bridgehead atoms. The summed E-state index contributed by atoms with van der Waals surface area (Å²) in [6, 6.07) is 14.8. The average molecular weight is 360 g/mol. The van der Waals surface area contributed by atoms with Gasteiger partial charge in [-0.25, -0.2) is 0 Å². The molecule has 0 atom stereocenters. The summed E-state index contributed by atoms with van der Waals surface area (Å²) >= 11 is 6.10. The number of ether oxygens (including phenoxy) is 1. The topological polar surface area (TPSA) is 42.8 Å². The first-order chi connectivity index (χ1) is 12.1. The first-order valence-corrected chi connectivity index (χ1v) is 9.14. The number of para-hydroxylation sites is 1. The van der Waals surface area contributed by atoms with Crippen molar-refractivity contribution in [1.82, 2.24) is 0 Å². The van der Waals surface area contributed by atoms with Gasteiger partial charge in [0.05, 0.1) is 18.8 Å². The zero-order chi connectivity index (χ0) is 17.6. The number of halogens is 1. The van der Waals surface area contributed by atoms with Crippen molar-refractivity contribution >= 4 is 23.2 Å². The van der Waals surface area contributed by atoms with Crippen LogP contribution in [-0.2, 0) is 4.79 Å². The van der Waals surface area contributed by atoms with Crippen LogP contribution in [0.2, 0.25) is 5.02 Å². The van der Waals surface area contributed by atoms with Crippen LogP contribution in [0.15, 0.2) is 48.5 Å². The van der Waals surface area contributed by atoms with Gasteiger partial charge in [-0.1, -0.05) is 36.7 Å². The highest BCUT2D eigenvalue weighted by atomic mass is 35.5. The van der Waals surface area contributed by atoms with Gasteiger partial charge in [0.15, 0.2) is 12.3 Å². The largest absolute Gasteiger partial charge is 0.455 e. The fourth-order valence-corrected chi connectivity index (χ4v) is 3.25. The van der Waals surface area contributed by atoms with Crippen LogP contribution in [0.5, 0.6) is 11.5 Å². The standard InChI is InChI=1S/C20H23ClN2O2/c1-15-9-11-23(12-10-15)14-20(24)22-18-13-16(21)7-8-19(18)25-17-5-3-2-4-6-17/h2-8,13,15H,9-12,14H2,1H3,(H,22,24)/p+1. The number of rotatable bonds is 5. The molecule has 0 aliphatic carbocycles. The van der Waals surface area contributed by atoms with Crippen LogP contribution < -0.4 is 15.0 Å². The zero-order valence-electron chi connectivity index (χ0n) is 14.4. The number of piperidine rings is 1. The molecule has 2 N–H and O–H groups in total. The van der Waals surface area contributed by atoms with Crippen molar-refractivity contribution in [3.05, 3.63) is 53.6 Å². The van der Waals surface area contributed by atoms with E-state index in [-0.39, 0.29) is 5.91 Å². The highest BCUT2D eigenvalue weighted by Crippen LogP contribution is 2.31. The van der Waals surface area contributed by atoms with Crippen molar-refractivity contribution in [2.75, 3.05) is 25.0 Å². The van der Waals surface area contributed by atoms with E-state index in [1.54, 1.807) is 18.2 Å². The van der Waals surface area contributed by atoms with Crippen LogP contribution >= 0.6 is 11.6 Å². The molecule has 132 valence electrons. The summed E-state index contributed by atoms with van der Waals surface area (Å²) in [4.78, 5) is 13.8. The SMILES string of the molecule is CC1CC[NH+](CC(=O)Nc2cc(Cl)ccc2Oc2ccccc2)CC1. The molecule has 1 aliphatic heterocycles. The highest BCUT2D eigenvalue weighted by Gasteiger charge is 2.22. The van der Waals surface area contributed by atoms with E-state index in [2.05, 4.69) is 12.2 Å². The number of hydrogen-bond donors (Lipinski definition) is 2. The first-order valence-electron chi connectivity index (χ1n) is 8.76. The van der Waals surface area contributed by atoms with Gasteiger partial charge in [0.1, 0.15) is 5.75 Å². The number of anilines is 1. The van der Waals surface area contributed by atoms with Gasteiger partial charge in [-0.05, 0) is 49.1 Å². The summed E-state index contributed by atoms with van der Waals surface area (Å²) in [6.45, 7) is 4.86. The molecule has 1 amide bonds. The maximum atomic E-state index is 12.4. The Labute approximate surface area is 153 Å². The number of carbonyl (C=O) groups excluding carboxylic acids is 1. The van der Waals surface area contributed by atoms with E-state index in [1.165, 1.54) is 17.7 Å². The summed E-state index contributed by atoms with van der Waals surface area (Å²) in [5, 5.41) is 3.53. The Kier molecular flexibility index (Phi) is 5.95. The van der Waals surface area contributed by atoms with Crippen LogP contribution in [0.25, 0.3) is 0 Å². The molecule has 0 spiro atoms. The van der Waals surface area contributed by atoms with Gasteiger partial charge in [-0.15, -0.1) is 0 Å². The van der Waals surface area contributed by atoms with Crippen LogP contribution in [-0.4, -0.2) is 25.5 Å². The predicted octanol–water partition coefficient (Wildman–Crippen LogP) is 3.39. The molecule has 1 saturated heterocycles. The lowest BCUT2D eigenvalue weighted by molar-refractivity contribution is -0.897. The first kappa shape index (κ1) is 17.8. The number of carbonyl (C=O) groups is 1. The van der Waals surface area contributed by atoms with Crippen molar-refractivity contribution < 1.29 is 14.4 Å². The van der Waals surface area contributed by atoms with Crippen LogP contribution in [0, 0.1) is 5.92 Å².